The van der Waals surface area contributed by atoms with Gasteiger partial charge < -0.3 is 28.5 Å². The molecular formula is C29H50O7Si. The monoisotopic (exact) mass is 538 g/mol. The fourth-order valence-electron chi connectivity index (χ4n) is 3.19. The third-order valence-electron chi connectivity index (χ3n) is 6.63. The molecular weight excluding hydrogens is 488 g/mol. The van der Waals surface area contributed by atoms with Gasteiger partial charge in [-0.1, -0.05) is 56.6 Å². The van der Waals surface area contributed by atoms with Crippen LogP contribution in [-0.2, 0) is 23.4 Å². The van der Waals surface area contributed by atoms with Gasteiger partial charge in [-0.2, -0.15) is 0 Å². The van der Waals surface area contributed by atoms with E-state index in [1.165, 1.54) is 14.2 Å². The lowest BCUT2D eigenvalue weighted by Crippen LogP contribution is -2.41. The number of rotatable bonds is 14. The van der Waals surface area contributed by atoms with Crippen molar-refractivity contribution in [1.29, 1.82) is 0 Å². The molecule has 0 fully saturated rings. The van der Waals surface area contributed by atoms with Gasteiger partial charge in [-0.05, 0) is 57.7 Å². The lowest BCUT2D eigenvalue weighted by Gasteiger charge is -2.36. The van der Waals surface area contributed by atoms with Crippen molar-refractivity contribution in [3.8, 4) is 23.7 Å². The molecule has 0 aromatic carbocycles. The Hall–Kier alpha value is -1.81. The average Bonchev–Trinajstić information content (AvgIpc) is 2.77. The first-order valence-corrected chi connectivity index (χ1v) is 15.8. The van der Waals surface area contributed by atoms with Gasteiger partial charge in [0.15, 0.2) is 14.4 Å². The van der Waals surface area contributed by atoms with Crippen LogP contribution in [0.1, 0.15) is 73.6 Å². The molecule has 0 spiro atoms. The predicted octanol–water partition coefficient (Wildman–Crippen LogP) is 6.07. The van der Waals surface area contributed by atoms with E-state index in [9.17, 15) is 9.90 Å². The molecule has 0 heterocycles. The minimum absolute atomic E-state index is 0.0441. The highest BCUT2D eigenvalue weighted by Crippen LogP contribution is 2.37. The van der Waals surface area contributed by atoms with Gasteiger partial charge in [0.25, 0.3) is 0 Å². The van der Waals surface area contributed by atoms with Gasteiger partial charge in [0.1, 0.15) is 12.9 Å². The molecule has 0 saturated carbocycles. The number of hydrogen-bond acceptors (Lipinski definition) is 7. The van der Waals surface area contributed by atoms with Crippen molar-refractivity contribution in [3.05, 3.63) is 12.2 Å². The van der Waals surface area contributed by atoms with Gasteiger partial charge in [-0.15, -0.1) is 0 Å². The standard InChI is InChI=1S/C29H50O7Si/c1-23(2)25(18-20-35-37(10,11)28(4,5)6)16-12-13-17-26(36-27(31)33-9)21-29(7,34-22-32-8)19-14-15-24(3)30/h24-26,30H,1,12,16,18-22H2,2-11H3/t24?,25-,26?,29?/m1/s1. The molecule has 0 amide bonds. The second-order valence-electron chi connectivity index (χ2n) is 11.2. The number of carbonyl (C=O) groups excluding carboxylic acids is 1. The molecule has 0 radical (unpaired) electrons. The van der Waals surface area contributed by atoms with Crippen LogP contribution >= 0.6 is 0 Å². The van der Waals surface area contributed by atoms with Crippen LogP contribution in [0, 0.1) is 29.6 Å². The number of aliphatic hydroxyl groups is 1. The van der Waals surface area contributed by atoms with Crippen molar-refractivity contribution in [1.82, 2.24) is 0 Å². The highest BCUT2D eigenvalue weighted by atomic mass is 28.4. The first kappa shape index (κ1) is 35.2. The van der Waals surface area contributed by atoms with E-state index in [2.05, 4.69) is 68.9 Å². The molecule has 3 unspecified atom stereocenters. The zero-order valence-corrected chi connectivity index (χ0v) is 25.8. The molecule has 0 aromatic rings. The van der Waals surface area contributed by atoms with E-state index in [0.717, 1.165) is 18.4 Å². The van der Waals surface area contributed by atoms with Gasteiger partial charge in [0.05, 0.1) is 12.7 Å². The summed E-state index contributed by atoms with van der Waals surface area (Å²) >= 11 is 0. The topological polar surface area (TPSA) is 83.5 Å². The Morgan fingerprint density at radius 3 is 2.24 bits per heavy atom. The molecule has 37 heavy (non-hydrogen) atoms. The van der Waals surface area contributed by atoms with Gasteiger partial charge in [0.2, 0.25) is 0 Å². The van der Waals surface area contributed by atoms with Crippen LogP contribution in [0.3, 0.4) is 0 Å². The van der Waals surface area contributed by atoms with E-state index >= 15 is 0 Å². The van der Waals surface area contributed by atoms with Crippen LogP contribution in [0.15, 0.2) is 12.2 Å². The lowest BCUT2D eigenvalue weighted by atomic mass is 9.92. The SMILES string of the molecule is C=C(C)[C@H](CCC#CC(CC(C)(CC#CC(C)O)OCOC)OC(=O)OC)CCO[Si](C)(C)C(C)(C)C. The fraction of sp³-hybridized carbons (Fsp3) is 0.759. The van der Waals surface area contributed by atoms with Crippen molar-refractivity contribution in [3.63, 3.8) is 0 Å². The van der Waals surface area contributed by atoms with Crippen LogP contribution in [0.2, 0.25) is 18.1 Å². The Morgan fingerprint density at radius 1 is 1.08 bits per heavy atom. The van der Waals surface area contributed by atoms with Crippen molar-refractivity contribution >= 4 is 14.5 Å². The number of hydrogen-bond donors (Lipinski definition) is 1. The number of carbonyl (C=O) groups is 1. The molecule has 0 aliphatic carbocycles. The normalized spacial score (nSPS) is 15.6. The Kier molecular flexibility index (Phi) is 16.1. The van der Waals surface area contributed by atoms with E-state index in [1.54, 1.807) is 6.92 Å². The third kappa shape index (κ3) is 15.3. The Balaban J connectivity index is 5.34. The molecule has 8 heteroatoms. The second-order valence-corrected chi connectivity index (χ2v) is 16.0. The van der Waals surface area contributed by atoms with E-state index in [1.807, 2.05) is 13.8 Å². The van der Waals surface area contributed by atoms with Gasteiger partial charge in [-0.3, -0.25) is 0 Å². The average molecular weight is 539 g/mol. The maximum absolute atomic E-state index is 11.9. The molecule has 0 aromatic heterocycles. The summed E-state index contributed by atoms with van der Waals surface area (Å²) in [6.07, 6.45) is 0.603. The van der Waals surface area contributed by atoms with E-state index in [0.29, 0.717) is 25.4 Å². The maximum atomic E-state index is 11.9. The molecule has 212 valence electrons. The number of allylic oxidation sites excluding steroid dienone is 1. The first-order valence-electron chi connectivity index (χ1n) is 12.9. The predicted molar refractivity (Wildman–Crippen MR) is 150 cm³/mol. The maximum Gasteiger partial charge on any atom is 0.509 e. The number of ether oxygens (including phenoxy) is 4. The minimum Gasteiger partial charge on any atom is -0.438 e. The molecule has 0 rings (SSSR count). The van der Waals surface area contributed by atoms with Gasteiger partial charge in [-0.25, -0.2) is 4.79 Å². The molecule has 7 nitrogen and oxygen atoms in total. The molecule has 0 saturated heterocycles. The van der Waals surface area contributed by atoms with Crippen LogP contribution in [0.25, 0.3) is 0 Å². The van der Waals surface area contributed by atoms with Crippen LogP contribution < -0.4 is 0 Å². The number of methoxy groups -OCH3 is 2. The van der Waals surface area contributed by atoms with Crippen molar-refractivity contribution in [2.45, 2.75) is 110 Å². The largest absolute Gasteiger partial charge is 0.509 e. The quantitative estimate of drug-likeness (QED) is 0.0945. The summed E-state index contributed by atoms with van der Waals surface area (Å²) in [5, 5.41) is 9.63. The summed E-state index contributed by atoms with van der Waals surface area (Å²) in [7, 11) is 0.992. The summed E-state index contributed by atoms with van der Waals surface area (Å²) in [5.41, 5.74) is 0.298. The van der Waals surface area contributed by atoms with E-state index in [4.69, 9.17) is 18.6 Å². The highest BCUT2D eigenvalue weighted by molar-refractivity contribution is 6.74. The zero-order chi connectivity index (χ0) is 28.7. The summed E-state index contributed by atoms with van der Waals surface area (Å²) in [4.78, 5) is 11.9. The van der Waals surface area contributed by atoms with Crippen molar-refractivity contribution in [2.24, 2.45) is 5.92 Å². The fourth-order valence-corrected chi connectivity index (χ4v) is 4.25. The molecule has 0 bridgehead atoms. The van der Waals surface area contributed by atoms with Gasteiger partial charge in [0, 0.05) is 33.0 Å². The molecule has 1 N–H and O–H groups in total. The summed E-state index contributed by atoms with van der Waals surface area (Å²) in [5.74, 6) is 12.2. The smallest absolute Gasteiger partial charge is 0.438 e. The Labute approximate surface area is 226 Å². The minimum atomic E-state index is -1.79. The highest BCUT2D eigenvalue weighted by Gasteiger charge is 2.37. The molecule has 0 aliphatic rings. The third-order valence-corrected chi connectivity index (χ3v) is 11.2. The summed E-state index contributed by atoms with van der Waals surface area (Å²) < 4.78 is 27.3. The van der Waals surface area contributed by atoms with Crippen LogP contribution in [0.4, 0.5) is 4.79 Å². The molecule has 0 aliphatic heterocycles. The van der Waals surface area contributed by atoms with Crippen LogP contribution in [0.5, 0.6) is 0 Å². The van der Waals surface area contributed by atoms with E-state index in [-0.39, 0.29) is 18.3 Å². The van der Waals surface area contributed by atoms with Crippen molar-refractivity contribution < 1.29 is 33.3 Å². The Morgan fingerprint density at radius 2 is 1.73 bits per heavy atom. The number of aliphatic hydroxyl groups excluding tert-OH is 1. The summed E-state index contributed by atoms with van der Waals surface area (Å²) in [6, 6.07) is 0. The summed E-state index contributed by atoms with van der Waals surface area (Å²) in [6.45, 7) is 21.6. The molecule has 4 atom stereocenters. The Bertz CT molecular complexity index is 823. The van der Waals surface area contributed by atoms with Gasteiger partial charge >= 0.3 is 6.16 Å². The zero-order valence-electron chi connectivity index (χ0n) is 24.8. The van der Waals surface area contributed by atoms with E-state index < -0.39 is 32.3 Å². The lowest BCUT2D eigenvalue weighted by molar-refractivity contribution is -0.132. The first-order chi connectivity index (χ1) is 17.1. The van der Waals surface area contributed by atoms with Crippen LogP contribution in [-0.4, -0.2) is 65.0 Å². The van der Waals surface area contributed by atoms with Crippen molar-refractivity contribution in [2.75, 3.05) is 27.6 Å². The second kappa shape index (κ2) is 16.9.